The zero-order valence-corrected chi connectivity index (χ0v) is 12.7. The van der Waals surface area contributed by atoms with Crippen LogP contribution < -0.4 is 0 Å². The lowest BCUT2D eigenvalue weighted by Crippen LogP contribution is -2.05. The van der Waals surface area contributed by atoms with Gasteiger partial charge in [0, 0.05) is 5.56 Å². The molecule has 0 aliphatic carbocycles. The number of carbonyl (C=O) groups excluding carboxylic acids is 1. The maximum atomic E-state index is 13.2. The lowest BCUT2D eigenvalue weighted by molar-refractivity contribution is 0.101. The third kappa shape index (κ3) is 2.94. The number of Topliss-reactive ketones (excluding diaryl/α,β-unsaturated/α-hetero) is 1. The number of hydrogen-bond donors (Lipinski definition) is 0. The molecule has 0 atom stereocenters. The first-order valence-corrected chi connectivity index (χ1v) is 6.96. The second kappa shape index (κ2) is 6.04. The second-order valence-electron chi connectivity index (χ2n) is 5.29. The summed E-state index contributed by atoms with van der Waals surface area (Å²) in [5.74, 6) is -0.255. The van der Waals surface area contributed by atoms with Crippen molar-refractivity contribution in [3.05, 3.63) is 71.1 Å². The number of rotatable bonds is 4. The lowest BCUT2D eigenvalue weighted by Gasteiger charge is -2.18. The summed E-state index contributed by atoms with van der Waals surface area (Å²) in [4.78, 5) is 12.1. The third-order valence-corrected chi connectivity index (χ3v) is 3.69. The van der Waals surface area contributed by atoms with Crippen molar-refractivity contribution in [2.45, 2.75) is 27.2 Å². The fourth-order valence-corrected chi connectivity index (χ4v) is 2.83. The molecule has 1 nitrogen and oxygen atoms in total. The smallest absolute Gasteiger partial charge is 0.160 e. The highest BCUT2D eigenvalue weighted by Gasteiger charge is 2.18. The van der Waals surface area contributed by atoms with E-state index in [0.29, 0.717) is 12.0 Å². The number of hydrogen-bond acceptors (Lipinski definition) is 1. The largest absolute Gasteiger partial charge is 0.294 e. The van der Waals surface area contributed by atoms with Gasteiger partial charge in [-0.1, -0.05) is 24.3 Å². The molecule has 0 aliphatic rings. The van der Waals surface area contributed by atoms with Crippen molar-refractivity contribution < 1.29 is 9.18 Å². The van der Waals surface area contributed by atoms with Gasteiger partial charge in [0.2, 0.25) is 0 Å². The molecule has 108 valence electrons. The lowest BCUT2D eigenvalue weighted by atomic mass is 9.85. The Morgan fingerprint density at radius 2 is 1.81 bits per heavy atom. The van der Waals surface area contributed by atoms with Crippen LogP contribution in [0.2, 0.25) is 0 Å². The first kappa shape index (κ1) is 15.2. The molecule has 0 saturated carbocycles. The van der Waals surface area contributed by atoms with Crippen LogP contribution in [0.5, 0.6) is 0 Å². The maximum absolute atomic E-state index is 13.2. The predicted octanol–water partition coefficient (Wildman–Crippen LogP) is 5.04. The Bertz CT molecular complexity index is 696. The van der Waals surface area contributed by atoms with Crippen LogP contribution in [0.25, 0.3) is 11.1 Å². The molecule has 0 radical (unpaired) electrons. The van der Waals surface area contributed by atoms with Gasteiger partial charge in [0.1, 0.15) is 5.82 Å². The van der Waals surface area contributed by atoms with Crippen molar-refractivity contribution in [2.24, 2.45) is 0 Å². The molecule has 0 aliphatic heterocycles. The summed E-state index contributed by atoms with van der Waals surface area (Å²) in [5, 5.41) is 0. The molecule has 0 bridgehead atoms. The minimum absolute atomic E-state index is 0.0251. The van der Waals surface area contributed by atoms with Gasteiger partial charge in [-0.25, -0.2) is 4.39 Å². The molecule has 0 amide bonds. The molecule has 0 unspecified atom stereocenters. The summed E-state index contributed by atoms with van der Waals surface area (Å²) in [6.45, 7) is 9.34. The Morgan fingerprint density at radius 1 is 1.19 bits per heavy atom. The monoisotopic (exact) mass is 282 g/mol. The van der Waals surface area contributed by atoms with E-state index in [4.69, 9.17) is 0 Å². The Labute approximate surface area is 125 Å². The van der Waals surface area contributed by atoms with Gasteiger partial charge in [0.15, 0.2) is 5.78 Å². The third-order valence-electron chi connectivity index (χ3n) is 3.69. The molecule has 2 heteroatoms. The van der Waals surface area contributed by atoms with Crippen molar-refractivity contribution in [1.29, 1.82) is 0 Å². The predicted molar refractivity (Wildman–Crippen MR) is 85.2 cm³/mol. The zero-order chi connectivity index (χ0) is 15.6. The Balaban J connectivity index is 2.84. The quantitative estimate of drug-likeness (QED) is 0.567. The van der Waals surface area contributed by atoms with Crippen molar-refractivity contribution in [3.63, 3.8) is 0 Å². The van der Waals surface area contributed by atoms with E-state index in [9.17, 15) is 9.18 Å². The summed E-state index contributed by atoms with van der Waals surface area (Å²) >= 11 is 0. The van der Waals surface area contributed by atoms with Gasteiger partial charge >= 0.3 is 0 Å². The molecule has 0 heterocycles. The maximum Gasteiger partial charge on any atom is 0.160 e. The summed E-state index contributed by atoms with van der Waals surface area (Å²) in [6, 6.07) is 8.33. The molecule has 0 fully saturated rings. The standard InChI is InChI=1S/C19H19FO/c1-5-6-17-12(2)11-13(3)18(14(4)21)19(17)15-7-9-16(20)10-8-15/h5,7-11H,1,6H2,2-4H3. The number of allylic oxidation sites excluding steroid dienone is 1. The van der Waals surface area contributed by atoms with Crippen LogP contribution >= 0.6 is 0 Å². The van der Waals surface area contributed by atoms with Crippen molar-refractivity contribution >= 4 is 5.78 Å². The van der Waals surface area contributed by atoms with E-state index in [-0.39, 0.29) is 11.6 Å². The molecular weight excluding hydrogens is 263 g/mol. The molecule has 21 heavy (non-hydrogen) atoms. The van der Waals surface area contributed by atoms with E-state index in [1.54, 1.807) is 19.1 Å². The number of halogens is 1. The average Bonchev–Trinajstić information content (AvgIpc) is 2.42. The average molecular weight is 282 g/mol. The summed E-state index contributed by atoms with van der Waals surface area (Å²) in [6.07, 6.45) is 2.51. The Kier molecular flexibility index (Phi) is 4.37. The first-order chi connectivity index (χ1) is 9.95. The fraction of sp³-hybridized carbons (Fsp3) is 0.211. The van der Waals surface area contributed by atoms with Crippen molar-refractivity contribution in [1.82, 2.24) is 0 Å². The minimum atomic E-state index is -0.280. The van der Waals surface area contributed by atoms with Crippen LogP contribution in [0, 0.1) is 19.7 Å². The van der Waals surface area contributed by atoms with E-state index in [1.807, 2.05) is 26.0 Å². The Morgan fingerprint density at radius 3 is 2.33 bits per heavy atom. The van der Waals surface area contributed by atoms with E-state index in [2.05, 4.69) is 6.58 Å². The van der Waals surface area contributed by atoms with Crippen LogP contribution in [0.15, 0.2) is 43.0 Å². The van der Waals surface area contributed by atoms with E-state index in [0.717, 1.165) is 27.8 Å². The molecule has 0 aromatic heterocycles. The highest BCUT2D eigenvalue weighted by molar-refractivity contribution is 6.03. The van der Waals surface area contributed by atoms with Gasteiger partial charge in [-0.2, -0.15) is 0 Å². The van der Waals surface area contributed by atoms with Gasteiger partial charge in [0.25, 0.3) is 0 Å². The van der Waals surface area contributed by atoms with E-state index < -0.39 is 0 Å². The fourth-order valence-electron chi connectivity index (χ4n) is 2.83. The highest BCUT2D eigenvalue weighted by atomic mass is 19.1. The topological polar surface area (TPSA) is 17.1 Å². The molecule has 0 spiro atoms. The molecule has 0 saturated heterocycles. The van der Waals surface area contributed by atoms with Crippen LogP contribution in [0.1, 0.15) is 34.0 Å². The number of benzene rings is 2. The molecule has 2 aromatic carbocycles. The van der Waals surface area contributed by atoms with Crippen molar-refractivity contribution in [3.8, 4) is 11.1 Å². The second-order valence-corrected chi connectivity index (χ2v) is 5.29. The van der Waals surface area contributed by atoms with Crippen LogP contribution in [0.3, 0.4) is 0 Å². The van der Waals surface area contributed by atoms with Gasteiger partial charge in [-0.15, -0.1) is 6.58 Å². The first-order valence-electron chi connectivity index (χ1n) is 6.96. The Hall–Kier alpha value is -2.22. The van der Waals surface area contributed by atoms with Crippen molar-refractivity contribution in [2.75, 3.05) is 0 Å². The summed E-state index contributed by atoms with van der Waals surface area (Å²) < 4.78 is 13.2. The summed E-state index contributed by atoms with van der Waals surface area (Å²) in [7, 11) is 0. The van der Waals surface area contributed by atoms with Crippen LogP contribution in [0.4, 0.5) is 4.39 Å². The summed E-state index contributed by atoms with van der Waals surface area (Å²) in [5.41, 5.74) is 5.63. The van der Waals surface area contributed by atoms with Gasteiger partial charge in [-0.05, 0) is 67.1 Å². The van der Waals surface area contributed by atoms with E-state index in [1.165, 1.54) is 12.1 Å². The minimum Gasteiger partial charge on any atom is -0.294 e. The molecule has 2 rings (SSSR count). The zero-order valence-electron chi connectivity index (χ0n) is 12.7. The highest BCUT2D eigenvalue weighted by Crippen LogP contribution is 2.33. The van der Waals surface area contributed by atoms with Gasteiger partial charge in [-0.3, -0.25) is 4.79 Å². The molecule has 2 aromatic rings. The van der Waals surface area contributed by atoms with Gasteiger partial charge in [0.05, 0.1) is 0 Å². The number of carbonyl (C=O) groups is 1. The van der Waals surface area contributed by atoms with Crippen LogP contribution in [-0.4, -0.2) is 5.78 Å². The van der Waals surface area contributed by atoms with E-state index >= 15 is 0 Å². The number of aryl methyl sites for hydroxylation is 2. The molecule has 0 N–H and O–H groups in total. The SMILES string of the molecule is C=CCc1c(C)cc(C)c(C(C)=O)c1-c1ccc(F)cc1. The normalized spacial score (nSPS) is 10.5. The number of ketones is 1. The van der Waals surface area contributed by atoms with Gasteiger partial charge < -0.3 is 0 Å². The van der Waals surface area contributed by atoms with Crippen LogP contribution in [-0.2, 0) is 6.42 Å². The molecular formula is C19H19FO.